The molecule has 4 N–H and O–H groups in total. The van der Waals surface area contributed by atoms with E-state index in [9.17, 15) is 0 Å². The zero-order valence-corrected chi connectivity index (χ0v) is 11.5. The fraction of sp³-hybridized carbons (Fsp3) is 0.750. The predicted molar refractivity (Wildman–Crippen MR) is 73.8 cm³/mol. The van der Waals surface area contributed by atoms with E-state index in [2.05, 4.69) is 25.7 Å². The average molecular weight is 266 g/mol. The van der Waals surface area contributed by atoms with Gasteiger partial charge < -0.3 is 10.1 Å². The van der Waals surface area contributed by atoms with Crippen molar-refractivity contribution in [2.75, 3.05) is 17.3 Å². The van der Waals surface area contributed by atoms with Gasteiger partial charge in [-0.2, -0.15) is 15.0 Å². The first-order valence-corrected chi connectivity index (χ1v) is 6.80. The summed E-state index contributed by atoms with van der Waals surface area (Å²) in [6.07, 6.45) is 5.21. The molecule has 1 aliphatic rings. The quantitative estimate of drug-likeness (QED) is 0.508. The van der Waals surface area contributed by atoms with Crippen LogP contribution in [0.3, 0.4) is 0 Å². The molecule has 0 spiro atoms. The van der Waals surface area contributed by atoms with Crippen LogP contribution in [0.4, 0.5) is 11.9 Å². The Morgan fingerprint density at radius 2 is 2.00 bits per heavy atom. The number of rotatable bonds is 7. The van der Waals surface area contributed by atoms with Crippen molar-refractivity contribution < 1.29 is 4.74 Å². The number of nitrogens with one attached hydrogen (secondary N) is 2. The third-order valence-corrected chi connectivity index (χ3v) is 3.15. The summed E-state index contributed by atoms with van der Waals surface area (Å²) in [5.41, 5.74) is 2.42. The van der Waals surface area contributed by atoms with Crippen molar-refractivity contribution in [2.24, 2.45) is 11.8 Å². The van der Waals surface area contributed by atoms with E-state index in [-0.39, 0.29) is 12.1 Å². The van der Waals surface area contributed by atoms with Gasteiger partial charge in [0, 0.05) is 6.54 Å². The van der Waals surface area contributed by atoms with E-state index in [4.69, 9.17) is 10.6 Å². The van der Waals surface area contributed by atoms with E-state index in [0.29, 0.717) is 11.9 Å². The highest BCUT2D eigenvalue weighted by Crippen LogP contribution is 2.29. The fourth-order valence-corrected chi connectivity index (χ4v) is 1.93. The first kappa shape index (κ1) is 13.8. The number of anilines is 2. The number of nitrogens with two attached hydrogens (primary N) is 1. The van der Waals surface area contributed by atoms with Crippen molar-refractivity contribution in [1.29, 1.82) is 0 Å². The van der Waals surface area contributed by atoms with Crippen molar-refractivity contribution >= 4 is 11.9 Å². The highest BCUT2D eigenvalue weighted by Gasteiger charge is 2.16. The van der Waals surface area contributed by atoms with Gasteiger partial charge in [0.2, 0.25) is 11.9 Å². The van der Waals surface area contributed by atoms with Crippen LogP contribution in [0.15, 0.2) is 0 Å². The van der Waals surface area contributed by atoms with Crippen LogP contribution in [-0.2, 0) is 0 Å². The lowest BCUT2D eigenvalue weighted by molar-refractivity contribution is 0.222. The first-order chi connectivity index (χ1) is 9.17. The Morgan fingerprint density at radius 1 is 1.26 bits per heavy atom. The number of nitrogen functional groups attached to an aromatic ring is 1. The molecule has 7 heteroatoms. The van der Waals surface area contributed by atoms with Crippen molar-refractivity contribution in [1.82, 2.24) is 15.0 Å². The molecule has 1 saturated carbocycles. The van der Waals surface area contributed by atoms with Crippen LogP contribution in [0.1, 0.15) is 39.5 Å². The van der Waals surface area contributed by atoms with Gasteiger partial charge in [-0.1, -0.05) is 19.3 Å². The van der Waals surface area contributed by atoms with Crippen LogP contribution < -0.4 is 21.3 Å². The van der Waals surface area contributed by atoms with Gasteiger partial charge in [-0.3, -0.25) is 5.43 Å². The molecule has 0 amide bonds. The van der Waals surface area contributed by atoms with Gasteiger partial charge in [0.15, 0.2) is 0 Å². The molecule has 1 fully saturated rings. The minimum Gasteiger partial charge on any atom is -0.461 e. The van der Waals surface area contributed by atoms with Gasteiger partial charge in [0.25, 0.3) is 0 Å². The van der Waals surface area contributed by atoms with E-state index in [0.717, 1.165) is 18.9 Å². The molecule has 7 nitrogen and oxygen atoms in total. The van der Waals surface area contributed by atoms with Crippen LogP contribution in [0.2, 0.25) is 0 Å². The lowest BCUT2D eigenvalue weighted by atomic mass is 9.83. The average Bonchev–Trinajstić information content (AvgIpc) is 2.31. The molecule has 106 valence electrons. The van der Waals surface area contributed by atoms with Crippen LogP contribution in [-0.4, -0.2) is 27.6 Å². The maximum atomic E-state index is 5.46. The van der Waals surface area contributed by atoms with Crippen LogP contribution in [0.5, 0.6) is 6.01 Å². The Labute approximate surface area is 113 Å². The van der Waals surface area contributed by atoms with Crippen molar-refractivity contribution in [3.8, 4) is 6.01 Å². The topological polar surface area (TPSA) is 98.0 Å². The maximum absolute atomic E-state index is 5.46. The van der Waals surface area contributed by atoms with Crippen LogP contribution in [0.25, 0.3) is 0 Å². The van der Waals surface area contributed by atoms with Gasteiger partial charge in [0.1, 0.15) is 0 Å². The van der Waals surface area contributed by atoms with Gasteiger partial charge in [-0.15, -0.1) is 0 Å². The Hall–Kier alpha value is -1.63. The summed E-state index contributed by atoms with van der Waals surface area (Å²) >= 11 is 0. The van der Waals surface area contributed by atoms with E-state index in [1.807, 2.05) is 13.8 Å². The molecular weight excluding hydrogens is 244 g/mol. The molecule has 2 rings (SSSR count). The molecule has 0 radical (unpaired) electrons. The monoisotopic (exact) mass is 266 g/mol. The van der Waals surface area contributed by atoms with Crippen molar-refractivity contribution in [3.63, 3.8) is 0 Å². The second kappa shape index (κ2) is 6.51. The Morgan fingerprint density at radius 3 is 2.58 bits per heavy atom. The Bertz CT molecular complexity index is 407. The molecule has 1 aliphatic carbocycles. The molecule has 0 aliphatic heterocycles. The van der Waals surface area contributed by atoms with Crippen LogP contribution >= 0.6 is 0 Å². The lowest BCUT2D eigenvalue weighted by Crippen LogP contribution is -2.19. The Kier molecular flexibility index (Phi) is 4.73. The molecule has 19 heavy (non-hydrogen) atoms. The largest absolute Gasteiger partial charge is 0.461 e. The van der Waals surface area contributed by atoms with Gasteiger partial charge in [0.05, 0.1) is 6.10 Å². The minimum absolute atomic E-state index is 0.0100. The second-order valence-corrected chi connectivity index (χ2v) is 5.09. The molecular formula is C12H22N6O. The summed E-state index contributed by atoms with van der Waals surface area (Å²) in [6, 6.07) is 0.282. The zero-order valence-electron chi connectivity index (χ0n) is 11.5. The number of hydrogen-bond acceptors (Lipinski definition) is 7. The molecule has 0 atom stereocenters. The van der Waals surface area contributed by atoms with Gasteiger partial charge >= 0.3 is 6.01 Å². The zero-order chi connectivity index (χ0) is 13.7. The van der Waals surface area contributed by atoms with Crippen molar-refractivity contribution in [2.45, 2.75) is 45.6 Å². The lowest BCUT2D eigenvalue weighted by Gasteiger charge is -2.25. The number of hydrogen-bond donors (Lipinski definition) is 3. The fourth-order valence-electron chi connectivity index (χ4n) is 1.93. The standard InChI is InChI=1S/C12H22N6O/c1-8(2)19-12-16-10(15-11(17-12)18-13)14-7-6-9-4-3-5-9/h8-9H,3-7,13H2,1-2H3,(H2,14,15,16,17,18). The highest BCUT2D eigenvalue weighted by molar-refractivity contribution is 5.34. The summed E-state index contributed by atoms with van der Waals surface area (Å²) in [5, 5.41) is 3.19. The number of hydrazine groups is 1. The third-order valence-electron chi connectivity index (χ3n) is 3.15. The highest BCUT2D eigenvalue weighted by atomic mass is 16.5. The normalized spacial score (nSPS) is 15.2. The first-order valence-electron chi connectivity index (χ1n) is 6.80. The minimum atomic E-state index is 0.0100. The number of nitrogens with zero attached hydrogens (tertiary/aromatic N) is 3. The molecule has 0 bridgehead atoms. The van der Waals surface area contributed by atoms with Gasteiger partial charge in [-0.25, -0.2) is 5.84 Å². The third kappa shape index (κ3) is 4.20. The van der Waals surface area contributed by atoms with E-state index in [1.54, 1.807) is 0 Å². The van der Waals surface area contributed by atoms with Crippen molar-refractivity contribution in [3.05, 3.63) is 0 Å². The van der Waals surface area contributed by atoms with Crippen LogP contribution in [0, 0.1) is 5.92 Å². The second-order valence-electron chi connectivity index (χ2n) is 5.09. The molecule has 0 aromatic carbocycles. The molecule has 1 heterocycles. The molecule has 1 aromatic rings. The van der Waals surface area contributed by atoms with E-state index in [1.165, 1.54) is 19.3 Å². The summed E-state index contributed by atoms with van der Waals surface area (Å²) < 4.78 is 5.46. The maximum Gasteiger partial charge on any atom is 0.323 e. The molecule has 0 saturated heterocycles. The summed E-state index contributed by atoms with van der Waals surface area (Å²) in [4.78, 5) is 12.4. The van der Waals surface area contributed by atoms with E-state index >= 15 is 0 Å². The Balaban J connectivity index is 1.92. The summed E-state index contributed by atoms with van der Waals surface area (Å²) in [6.45, 7) is 4.70. The molecule has 1 aromatic heterocycles. The number of ether oxygens (including phenoxy) is 1. The SMILES string of the molecule is CC(C)Oc1nc(NN)nc(NCCC2CCC2)n1. The summed E-state index contributed by atoms with van der Waals surface area (Å²) in [7, 11) is 0. The predicted octanol–water partition coefficient (Wildman–Crippen LogP) is 1.55. The van der Waals surface area contributed by atoms with E-state index < -0.39 is 0 Å². The summed E-state index contributed by atoms with van der Waals surface area (Å²) in [5.74, 6) is 6.99. The molecule has 0 unspecified atom stereocenters. The van der Waals surface area contributed by atoms with Gasteiger partial charge in [-0.05, 0) is 26.2 Å². The smallest absolute Gasteiger partial charge is 0.323 e. The number of aromatic nitrogens is 3.